The number of imide groups is 1. The van der Waals surface area contributed by atoms with E-state index in [4.69, 9.17) is 4.74 Å². The number of carbonyl (C=O) groups is 3. The van der Waals surface area contributed by atoms with Crippen molar-refractivity contribution in [1.82, 2.24) is 20.4 Å². The summed E-state index contributed by atoms with van der Waals surface area (Å²) in [5.41, 5.74) is 1.48. The highest BCUT2D eigenvalue weighted by atomic mass is 32.1. The Balaban J connectivity index is 1.83. The maximum absolute atomic E-state index is 12.8. The molecular weight excluding hydrogens is 392 g/mol. The minimum atomic E-state index is -1.15. The summed E-state index contributed by atoms with van der Waals surface area (Å²) in [5.74, 6) is -1.41. The molecule has 1 atom stereocenters. The lowest BCUT2D eigenvalue weighted by Crippen LogP contribution is -2.44. The predicted molar refractivity (Wildman–Crippen MR) is 109 cm³/mol. The van der Waals surface area contributed by atoms with Crippen LogP contribution < -0.4 is 10.6 Å². The minimum absolute atomic E-state index is 0.231. The molecule has 0 aliphatic rings. The maximum Gasteiger partial charge on any atom is 0.342 e. The smallest absolute Gasteiger partial charge is 0.342 e. The molecule has 0 aliphatic heterocycles. The second kappa shape index (κ2) is 9.16. The quantitative estimate of drug-likeness (QED) is 0.606. The van der Waals surface area contributed by atoms with E-state index in [9.17, 15) is 14.4 Å². The van der Waals surface area contributed by atoms with Crippen LogP contribution in [0.5, 0.6) is 0 Å². The van der Waals surface area contributed by atoms with Crippen molar-refractivity contribution in [1.29, 1.82) is 0 Å². The number of aromatic nitrogens is 2. The number of thiophene rings is 1. The summed E-state index contributed by atoms with van der Waals surface area (Å²) in [6, 6.07) is 12.4. The molecule has 2 heterocycles. The summed E-state index contributed by atoms with van der Waals surface area (Å²) < 4.78 is 6.87. The van der Waals surface area contributed by atoms with Crippen molar-refractivity contribution >= 4 is 29.2 Å². The van der Waals surface area contributed by atoms with E-state index in [1.54, 1.807) is 17.8 Å². The Morgan fingerprint density at radius 1 is 1.17 bits per heavy atom. The van der Waals surface area contributed by atoms with Crippen LogP contribution in [0.2, 0.25) is 0 Å². The summed E-state index contributed by atoms with van der Waals surface area (Å²) >= 11 is 1.44. The van der Waals surface area contributed by atoms with Crippen molar-refractivity contribution in [3.63, 3.8) is 0 Å². The van der Waals surface area contributed by atoms with Crippen LogP contribution >= 0.6 is 11.3 Å². The molecule has 8 nitrogen and oxygen atoms in total. The molecule has 9 heteroatoms. The molecule has 29 heavy (non-hydrogen) atoms. The molecule has 0 bridgehead atoms. The number of urea groups is 1. The molecule has 0 spiro atoms. The zero-order chi connectivity index (χ0) is 20.8. The van der Waals surface area contributed by atoms with Crippen molar-refractivity contribution in [3.05, 3.63) is 59.6 Å². The molecule has 3 rings (SSSR count). The average Bonchev–Trinajstić information content (AvgIpc) is 3.38. The largest absolute Gasteiger partial charge is 0.449 e. The lowest BCUT2D eigenvalue weighted by Gasteiger charge is -2.12. The summed E-state index contributed by atoms with van der Waals surface area (Å²) in [5, 5.41) is 11.0. The van der Waals surface area contributed by atoms with Crippen molar-refractivity contribution in [3.8, 4) is 16.3 Å². The molecule has 0 saturated heterocycles. The Labute approximate surface area is 171 Å². The molecule has 0 radical (unpaired) electrons. The second-order valence-electron chi connectivity index (χ2n) is 6.05. The molecule has 2 aromatic heterocycles. The van der Waals surface area contributed by atoms with Crippen LogP contribution in [0.25, 0.3) is 16.3 Å². The zero-order valence-corrected chi connectivity index (χ0v) is 16.7. The Kier molecular flexibility index (Phi) is 6.40. The van der Waals surface area contributed by atoms with Gasteiger partial charge in [-0.3, -0.25) is 10.1 Å². The van der Waals surface area contributed by atoms with Gasteiger partial charge in [-0.1, -0.05) is 24.3 Å². The van der Waals surface area contributed by atoms with Crippen molar-refractivity contribution in [2.45, 2.75) is 20.0 Å². The van der Waals surface area contributed by atoms with Crippen molar-refractivity contribution < 1.29 is 19.1 Å². The van der Waals surface area contributed by atoms with Crippen LogP contribution in [0, 0.1) is 0 Å². The van der Waals surface area contributed by atoms with Crippen LogP contribution in [-0.4, -0.2) is 40.3 Å². The molecule has 3 amide bonds. The van der Waals surface area contributed by atoms with E-state index in [1.165, 1.54) is 18.3 Å². The van der Waals surface area contributed by atoms with E-state index in [0.29, 0.717) is 12.2 Å². The first-order chi connectivity index (χ1) is 14.0. The van der Waals surface area contributed by atoms with Gasteiger partial charge in [0.15, 0.2) is 6.10 Å². The second-order valence-corrected chi connectivity index (χ2v) is 6.99. The lowest BCUT2D eigenvalue weighted by molar-refractivity contribution is -0.127. The van der Waals surface area contributed by atoms with Gasteiger partial charge in [0.2, 0.25) is 0 Å². The molecular formula is C20H20N4O4S. The molecule has 0 unspecified atom stereocenters. The summed E-state index contributed by atoms with van der Waals surface area (Å²) in [4.78, 5) is 37.1. The Bertz CT molecular complexity index is 999. The number of nitrogens with one attached hydrogen (secondary N) is 2. The van der Waals surface area contributed by atoms with Gasteiger partial charge in [-0.15, -0.1) is 11.3 Å². The topological polar surface area (TPSA) is 102 Å². The van der Waals surface area contributed by atoms with E-state index in [0.717, 1.165) is 10.6 Å². The van der Waals surface area contributed by atoms with Gasteiger partial charge in [0.1, 0.15) is 11.3 Å². The highest BCUT2D eigenvalue weighted by molar-refractivity contribution is 7.13. The van der Waals surface area contributed by atoms with Gasteiger partial charge in [0.05, 0.1) is 10.6 Å². The fourth-order valence-electron chi connectivity index (χ4n) is 2.53. The van der Waals surface area contributed by atoms with Crippen LogP contribution in [0.4, 0.5) is 4.79 Å². The Morgan fingerprint density at radius 2 is 1.93 bits per heavy atom. The number of hydrogen-bond donors (Lipinski definition) is 2. The third kappa shape index (κ3) is 4.88. The van der Waals surface area contributed by atoms with E-state index in [-0.39, 0.29) is 5.56 Å². The van der Waals surface area contributed by atoms with E-state index < -0.39 is 24.0 Å². The highest BCUT2D eigenvalue weighted by Crippen LogP contribution is 2.28. The zero-order valence-electron chi connectivity index (χ0n) is 15.9. The highest BCUT2D eigenvalue weighted by Gasteiger charge is 2.25. The van der Waals surface area contributed by atoms with Gasteiger partial charge in [-0.05, 0) is 37.4 Å². The van der Waals surface area contributed by atoms with Crippen LogP contribution in [0.1, 0.15) is 24.2 Å². The van der Waals surface area contributed by atoms with Gasteiger partial charge in [0, 0.05) is 12.7 Å². The van der Waals surface area contributed by atoms with E-state index in [2.05, 4.69) is 15.7 Å². The van der Waals surface area contributed by atoms with Gasteiger partial charge >= 0.3 is 12.0 Å². The fraction of sp³-hybridized carbons (Fsp3) is 0.200. The molecule has 0 fully saturated rings. The van der Waals surface area contributed by atoms with Crippen molar-refractivity contribution in [2.75, 3.05) is 6.54 Å². The summed E-state index contributed by atoms with van der Waals surface area (Å²) in [6.45, 7) is 3.50. The fourth-order valence-corrected chi connectivity index (χ4v) is 3.25. The average molecular weight is 412 g/mol. The molecule has 0 aliphatic carbocycles. The summed E-state index contributed by atoms with van der Waals surface area (Å²) in [7, 11) is 0. The van der Waals surface area contributed by atoms with Crippen LogP contribution in [-0.2, 0) is 9.53 Å². The minimum Gasteiger partial charge on any atom is -0.449 e. The van der Waals surface area contributed by atoms with Gasteiger partial charge in [0.25, 0.3) is 5.91 Å². The molecule has 1 aromatic carbocycles. The number of esters is 1. The Morgan fingerprint density at radius 3 is 2.59 bits per heavy atom. The molecule has 0 saturated carbocycles. The number of amides is 3. The molecule has 3 aromatic rings. The normalized spacial score (nSPS) is 11.5. The van der Waals surface area contributed by atoms with Crippen LogP contribution in [0.3, 0.4) is 0 Å². The van der Waals surface area contributed by atoms with Gasteiger partial charge in [-0.25, -0.2) is 14.3 Å². The third-order valence-corrected chi connectivity index (χ3v) is 4.81. The molecule has 2 N–H and O–H groups in total. The lowest BCUT2D eigenvalue weighted by atomic mass is 10.2. The van der Waals surface area contributed by atoms with E-state index in [1.807, 2.05) is 47.8 Å². The first-order valence-corrected chi connectivity index (χ1v) is 9.86. The number of nitrogens with zero attached hydrogens (tertiary/aromatic N) is 2. The monoisotopic (exact) mass is 412 g/mol. The Hall–Kier alpha value is -3.46. The number of ether oxygens (including phenoxy) is 1. The number of carbonyl (C=O) groups excluding carboxylic acids is 3. The van der Waals surface area contributed by atoms with Gasteiger partial charge in [-0.2, -0.15) is 5.10 Å². The number of para-hydroxylation sites is 1. The number of rotatable bonds is 6. The standard InChI is InChI=1S/C20H20N4O4S/c1-3-21-20(27)22-18(25)13(2)28-19(26)15-12-24(14-8-5-4-6-9-14)23-17(15)16-10-7-11-29-16/h4-13H,3H2,1-2H3,(H2,21,22,25,27)/t13-/m1/s1. The predicted octanol–water partition coefficient (Wildman–Crippen LogP) is 2.99. The first-order valence-electron chi connectivity index (χ1n) is 8.98. The first kappa shape index (κ1) is 20.3. The summed E-state index contributed by atoms with van der Waals surface area (Å²) in [6.07, 6.45) is 0.419. The van der Waals surface area contributed by atoms with E-state index >= 15 is 0 Å². The maximum atomic E-state index is 12.8. The number of hydrogen-bond acceptors (Lipinski definition) is 6. The third-order valence-electron chi connectivity index (χ3n) is 3.94. The molecule has 150 valence electrons. The van der Waals surface area contributed by atoms with Crippen LogP contribution in [0.15, 0.2) is 54.0 Å². The number of benzene rings is 1. The SMILES string of the molecule is CCNC(=O)NC(=O)[C@@H](C)OC(=O)c1cn(-c2ccccc2)nc1-c1cccs1. The van der Waals surface area contributed by atoms with Gasteiger partial charge < -0.3 is 10.1 Å². The van der Waals surface area contributed by atoms with Crippen molar-refractivity contribution in [2.24, 2.45) is 0 Å².